The lowest BCUT2D eigenvalue weighted by atomic mass is 9.43. The molecule has 0 heterocycles. The molecule has 32 heavy (non-hydrogen) atoms. The molecule has 0 bridgehead atoms. The fourth-order valence-corrected chi connectivity index (χ4v) is 9.11. The van der Waals surface area contributed by atoms with E-state index in [1.54, 1.807) is 0 Å². The maximum atomic E-state index is 11.9. The Hall–Kier alpha value is -0.380. The Morgan fingerprint density at radius 2 is 1.72 bits per heavy atom. The molecule has 3 heteroatoms. The Morgan fingerprint density at radius 3 is 2.34 bits per heavy atom. The van der Waals surface area contributed by atoms with Crippen molar-refractivity contribution in [3.05, 3.63) is 11.6 Å². The number of hydrogen-bond donors (Lipinski definition) is 3. The molecule has 0 amide bonds. The van der Waals surface area contributed by atoms with Crippen LogP contribution in [0.25, 0.3) is 0 Å². The zero-order valence-electron chi connectivity index (χ0n) is 21.9. The van der Waals surface area contributed by atoms with Gasteiger partial charge in [0.25, 0.3) is 0 Å². The fourth-order valence-electron chi connectivity index (χ4n) is 9.11. The van der Waals surface area contributed by atoms with Gasteiger partial charge in [0.2, 0.25) is 0 Å². The van der Waals surface area contributed by atoms with E-state index in [4.69, 9.17) is 0 Å². The highest BCUT2D eigenvalue weighted by molar-refractivity contribution is 5.32. The molecular formula is C29H50O3. The van der Waals surface area contributed by atoms with Gasteiger partial charge in [0.1, 0.15) is 0 Å². The molecule has 3 N–H and O–H groups in total. The number of fused-ring (bicyclic) bond motifs is 5. The highest BCUT2D eigenvalue weighted by atomic mass is 16.3. The third-order valence-electron chi connectivity index (χ3n) is 11.2. The smallest absolute Gasteiger partial charge is 0.0836 e. The SMILES string of the molecule is CC[C@]1(O)CC[C@@]2(C)C(=C[C@](C)(O)[C@H]3[C@@H]4CC[C@H]([C@H](C)CCC(C)(C)O)[C@@]4(C)CC[C@@H]32)C1. The minimum absolute atomic E-state index is 0.125. The minimum atomic E-state index is -0.789. The highest BCUT2D eigenvalue weighted by Crippen LogP contribution is 2.69. The second-order valence-electron chi connectivity index (χ2n) is 13.9. The largest absolute Gasteiger partial charge is 0.390 e. The normalized spacial score (nSPS) is 49.6. The predicted molar refractivity (Wildman–Crippen MR) is 131 cm³/mol. The zero-order chi connectivity index (χ0) is 23.7. The van der Waals surface area contributed by atoms with Gasteiger partial charge in [-0.25, -0.2) is 0 Å². The summed E-state index contributed by atoms with van der Waals surface area (Å²) in [4.78, 5) is 0. The molecule has 4 rings (SSSR count). The van der Waals surface area contributed by atoms with Crippen LogP contribution in [0.5, 0.6) is 0 Å². The Bertz CT molecular complexity index is 748. The molecule has 3 saturated carbocycles. The van der Waals surface area contributed by atoms with Crippen LogP contribution < -0.4 is 0 Å². The molecular weight excluding hydrogens is 396 g/mol. The molecule has 0 aromatic rings. The van der Waals surface area contributed by atoms with Crippen molar-refractivity contribution in [2.45, 2.75) is 129 Å². The van der Waals surface area contributed by atoms with Crippen LogP contribution in [-0.4, -0.2) is 32.1 Å². The van der Waals surface area contributed by atoms with E-state index < -0.39 is 16.8 Å². The van der Waals surface area contributed by atoms with E-state index in [0.29, 0.717) is 29.6 Å². The van der Waals surface area contributed by atoms with E-state index in [1.165, 1.54) is 31.3 Å². The third kappa shape index (κ3) is 3.93. The van der Waals surface area contributed by atoms with Gasteiger partial charge in [-0.2, -0.15) is 0 Å². The van der Waals surface area contributed by atoms with Crippen molar-refractivity contribution in [2.75, 3.05) is 0 Å². The molecule has 0 radical (unpaired) electrons. The molecule has 0 spiro atoms. The van der Waals surface area contributed by atoms with Crippen LogP contribution in [-0.2, 0) is 0 Å². The van der Waals surface area contributed by atoms with Gasteiger partial charge in [-0.3, -0.25) is 0 Å². The van der Waals surface area contributed by atoms with Gasteiger partial charge in [0.15, 0.2) is 0 Å². The van der Waals surface area contributed by atoms with E-state index in [9.17, 15) is 15.3 Å². The summed E-state index contributed by atoms with van der Waals surface area (Å²) >= 11 is 0. The van der Waals surface area contributed by atoms with Crippen LogP contribution >= 0.6 is 0 Å². The van der Waals surface area contributed by atoms with Crippen molar-refractivity contribution in [3.8, 4) is 0 Å². The second-order valence-corrected chi connectivity index (χ2v) is 13.9. The zero-order valence-corrected chi connectivity index (χ0v) is 21.9. The van der Waals surface area contributed by atoms with Crippen molar-refractivity contribution in [3.63, 3.8) is 0 Å². The van der Waals surface area contributed by atoms with Gasteiger partial charge in [0, 0.05) is 0 Å². The maximum Gasteiger partial charge on any atom is 0.0836 e. The van der Waals surface area contributed by atoms with Crippen LogP contribution in [0, 0.1) is 40.4 Å². The van der Waals surface area contributed by atoms with Gasteiger partial charge < -0.3 is 15.3 Å². The van der Waals surface area contributed by atoms with Crippen LogP contribution in [0.3, 0.4) is 0 Å². The first-order valence-electron chi connectivity index (χ1n) is 13.5. The molecule has 0 unspecified atom stereocenters. The first kappa shape index (κ1) is 24.7. The number of hydrogen-bond acceptors (Lipinski definition) is 3. The van der Waals surface area contributed by atoms with Gasteiger partial charge in [-0.1, -0.05) is 39.3 Å². The number of aliphatic hydroxyl groups is 3. The summed E-state index contributed by atoms with van der Waals surface area (Å²) in [6, 6.07) is 0. The van der Waals surface area contributed by atoms with E-state index in [-0.39, 0.29) is 10.8 Å². The van der Waals surface area contributed by atoms with Gasteiger partial charge >= 0.3 is 0 Å². The van der Waals surface area contributed by atoms with Crippen molar-refractivity contribution < 1.29 is 15.3 Å². The number of rotatable bonds is 5. The summed E-state index contributed by atoms with van der Waals surface area (Å²) < 4.78 is 0. The van der Waals surface area contributed by atoms with Crippen molar-refractivity contribution >= 4 is 0 Å². The fraction of sp³-hybridized carbons (Fsp3) is 0.931. The summed E-state index contributed by atoms with van der Waals surface area (Å²) in [6.07, 6.45) is 12.5. The van der Waals surface area contributed by atoms with Crippen molar-refractivity contribution in [1.29, 1.82) is 0 Å². The highest BCUT2D eigenvalue weighted by Gasteiger charge is 2.64. The third-order valence-corrected chi connectivity index (χ3v) is 11.2. The summed E-state index contributed by atoms with van der Waals surface area (Å²) in [5.41, 5.74) is -0.231. The molecule has 4 aliphatic rings. The Balaban J connectivity index is 1.62. The molecule has 0 aliphatic heterocycles. The van der Waals surface area contributed by atoms with Crippen LogP contribution in [0.2, 0.25) is 0 Å². The Morgan fingerprint density at radius 1 is 1.03 bits per heavy atom. The van der Waals surface area contributed by atoms with E-state index in [2.05, 4.69) is 40.7 Å². The lowest BCUT2D eigenvalue weighted by Gasteiger charge is -2.62. The first-order chi connectivity index (χ1) is 14.7. The Labute approximate surface area is 197 Å². The average molecular weight is 447 g/mol. The molecule has 3 nitrogen and oxygen atoms in total. The molecule has 9 atom stereocenters. The topological polar surface area (TPSA) is 60.7 Å². The second kappa shape index (κ2) is 7.82. The van der Waals surface area contributed by atoms with Gasteiger partial charge in [-0.15, -0.1) is 0 Å². The standard InChI is InChI=1S/C29H50O3/c1-8-29(32)16-15-26(5)20(18-29)17-28(7,31)24-22-10-9-21(19(2)11-13-25(3,4)30)27(22,6)14-12-23(24)26/h17,19,21-24,30-32H,8-16,18H2,1-7H3/t19-,21-,22+,23+,24+,26+,27-,28+,29+/m1/s1. The summed E-state index contributed by atoms with van der Waals surface area (Å²) in [5, 5.41) is 33.2. The average Bonchev–Trinajstić information content (AvgIpc) is 3.04. The lowest BCUT2D eigenvalue weighted by molar-refractivity contribution is -0.140. The molecule has 0 saturated heterocycles. The van der Waals surface area contributed by atoms with Gasteiger partial charge in [0.05, 0.1) is 16.8 Å². The minimum Gasteiger partial charge on any atom is -0.390 e. The quantitative estimate of drug-likeness (QED) is 0.437. The van der Waals surface area contributed by atoms with Crippen LogP contribution in [0.1, 0.15) is 113 Å². The monoisotopic (exact) mass is 446 g/mol. The molecule has 184 valence electrons. The lowest BCUT2D eigenvalue weighted by Crippen LogP contribution is -2.59. The van der Waals surface area contributed by atoms with Crippen molar-refractivity contribution in [2.24, 2.45) is 40.4 Å². The van der Waals surface area contributed by atoms with Crippen LogP contribution in [0.4, 0.5) is 0 Å². The first-order valence-corrected chi connectivity index (χ1v) is 13.5. The predicted octanol–water partition coefficient (Wildman–Crippen LogP) is 6.25. The summed E-state index contributed by atoms with van der Waals surface area (Å²) in [5.74, 6) is 2.68. The molecule has 0 aromatic carbocycles. The Kier molecular flexibility index (Phi) is 6.04. The molecule has 3 fully saturated rings. The maximum absolute atomic E-state index is 11.9. The van der Waals surface area contributed by atoms with Crippen LogP contribution in [0.15, 0.2) is 11.6 Å². The molecule has 0 aromatic heterocycles. The van der Waals surface area contributed by atoms with E-state index in [1.807, 2.05) is 13.8 Å². The van der Waals surface area contributed by atoms with E-state index >= 15 is 0 Å². The molecule has 4 aliphatic carbocycles. The van der Waals surface area contributed by atoms with E-state index in [0.717, 1.165) is 38.5 Å². The summed E-state index contributed by atoms with van der Waals surface area (Å²) in [7, 11) is 0. The van der Waals surface area contributed by atoms with Crippen molar-refractivity contribution in [1.82, 2.24) is 0 Å². The van der Waals surface area contributed by atoms with Gasteiger partial charge in [-0.05, 0) is 125 Å². The summed E-state index contributed by atoms with van der Waals surface area (Å²) in [6.45, 7) is 15.4.